The zero-order chi connectivity index (χ0) is 21.6. The molecule has 1 saturated heterocycles. The molecule has 0 spiro atoms. The fraction of sp³-hybridized carbons (Fsp3) is 0.136. The third-order valence-corrected chi connectivity index (χ3v) is 5.64. The van der Waals surface area contributed by atoms with Crippen molar-refractivity contribution in [3.63, 3.8) is 0 Å². The monoisotopic (exact) mass is 415 g/mol. The number of carbonyl (C=O) groups is 1. The number of anilines is 1. The van der Waals surface area contributed by atoms with Crippen LogP contribution in [0.5, 0.6) is 5.75 Å². The number of nitro benzene ring substituents is 1. The van der Waals surface area contributed by atoms with E-state index < -0.39 is 10.5 Å². The summed E-state index contributed by atoms with van der Waals surface area (Å²) in [6, 6.07) is 20.6. The van der Waals surface area contributed by atoms with Crippen molar-refractivity contribution in [2.45, 2.75) is 5.54 Å². The second-order valence-corrected chi connectivity index (χ2v) is 7.24. The summed E-state index contributed by atoms with van der Waals surface area (Å²) >= 11 is 0. The molecule has 1 atom stereocenters. The standard InChI is InChI=1S/C22H17N5O4/c1-31-18-12-10-16(11-13-18)25-14-22(21(25)28,15-6-8-17(9-7-15)27(29)30)26-20-5-3-2-4-19(20)23-24-26/h2-13H,14H2,1H3/t22-/m0/s1. The molecule has 0 saturated carbocycles. The minimum Gasteiger partial charge on any atom is -0.497 e. The van der Waals surface area contributed by atoms with Gasteiger partial charge in [0.15, 0.2) is 5.54 Å². The van der Waals surface area contributed by atoms with Crippen molar-refractivity contribution < 1.29 is 14.5 Å². The number of fused-ring (bicyclic) bond motifs is 1. The first-order valence-electron chi connectivity index (χ1n) is 9.56. The Kier molecular flexibility index (Phi) is 4.18. The maximum atomic E-state index is 13.7. The van der Waals surface area contributed by atoms with Crippen LogP contribution in [0.4, 0.5) is 11.4 Å². The van der Waals surface area contributed by atoms with Gasteiger partial charge >= 0.3 is 0 Å². The van der Waals surface area contributed by atoms with Crippen molar-refractivity contribution in [1.29, 1.82) is 0 Å². The number of methoxy groups -OCH3 is 1. The molecular weight excluding hydrogens is 398 g/mol. The van der Waals surface area contributed by atoms with Gasteiger partial charge in [-0.1, -0.05) is 17.3 Å². The highest BCUT2D eigenvalue weighted by Crippen LogP contribution is 2.42. The van der Waals surface area contributed by atoms with E-state index in [1.165, 1.54) is 12.1 Å². The van der Waals surface area contributed by atoms with Gasteiger partial charge in [0.05, 0.1) is 24.1 Å². The van der Waals surface area contributed by atoms with Crippen LogP contribution >= 0.6 is 0 Å². The van der Waals surface area contributed by atoms with E-state index in [2.05, 4.69) is 10.3 Å². The predicted molar refractivity (Wildman–Crippen MR) is 113 cm³/mol. The summed E-state index contributed by atoms with van der Waals surface area (Å²) in [7, 11) is 1.58. The summed E-state index contributed by atoms with van der Waals surface area (Å²) in [5.41, 5.74) is 1.53. The molecule has 1 aromatic heterocycles. The normalized spacial score (nSPS) is 18.1. The summed E-state index contributed by atoms with van der Waals surface area (Å²) in [4.78, 5) is 26.0. The fourth-order valence-electron chi connectivity index (χ4n) is 3.98. The topological polar surface area (TPSA) is 103 Å². The van der Waals surface area contributed by atoms with Gasteiger partial charge in [-0.05, 0) is 54.1 Å². The summed E-state index contributed by atoms with van der Waals surface area (Å²) in [5.74, 6) is 0.503. The molecular formula is C22H17N5O4. The van der Waals surface area contributed by atoms with E-state index >= 15 is 0 Å². The summed E-state index contributed by atoms with van der Waals surface area (Å²) in [5, 5.41) is 19.6. The second-order valence-electron chi connectivity index (χ2n) is 7.24. The number of rotatable bonds is 5. The van der Waals surface area contributed by atoms with E-state index in [0.29, 0.717) is 28.9 Å². The lowest BCUT2D eigenvalue weighted by atomic mass is 9.80. The Balaban J connectivity index is 1.62. The van der Waals surface area contributed by atoms with E-state index in [9.17, 15) is 14.9 Å². The lowest BCUT2D eigenvalue weighted by Gasteiger charge is -2.48. The SMILES string of the molecule is COc1ccc(N2C[C@@](c3ccc([N+](=O)[O-])cc3)(n3nnc4ccccc43)C2=O)cc1. The quantitative estimate of drug-likeness (QED) is 0.282. The van der Waals surface area contributed by atoms with Crippen molar-refractivity contribution in [3.8, 4) is 5.75 Å². The van der Waals surface area contributed by atoms with Crippen LogP contribution in [0.1, 0.15) is 5.56 Å². The molecule has 0 unspecified atom stereocenters. The number of benzene rings is 3. The Labute approximate surface area is 176 Å². The van der Waals surface area contributed by atoms with Gasteiger partial charge in [-0.15, -0.1) is 5.10 Å². The van der Waals surface area contributed by atoms with Crippen molar-refractivity contribution in [1.82, 2.24) is 15.0 Å². The molecule has 9 heteroatoms. The Morgan fingerprint density at radius 2 is 1.74 bits per heavy atom. The van der Waals surface area contributed by atoms with Crippen LogP contribution in [-0.2, 0) is 10.3 Å². The van der Waals surface area contributed by atoms with Crippen LogP contribution in [0.3, 0.4) is 0 Å². The molecule has 0 bridgehead atoms. The van der Waals surface area contributed by atoms with Crippen molar-refractivity contribution in [2.24, 2.45) is 0 Å². The maximum Gasteiger partial charge on any atom is 0.269 e. The number of aromatic nitrogens is 3. The van der Waals surface area contributed by atoms with Crippen molar-refractivity contribution >= 4 is 28.3 Å². The van der Waals surface area contributed by atoms with Crippen LogP contribution in [0.15, 0.2) is 72.8 Å². The van der Waals surface area contributed by atoms with Crippen molar-refractivity contribution in [2.75, 3.05) is 18.6 Å². The van der Waals surface area contributed by atoms with Crippen LogP contribution in [0.25, 0.3) is 11.0 Å². The van der Waals surface area contributed by atoms with Gasteiger partial charge in [0.25, 0.3) is 11.6 Å². The molecule has 0 aliphatic carbocycles. The predicted octanol–water partition coefficient (Wildman–Crippen LogP) is 3.14. The first kappa shape index (κ1) is 18.7. The van der Waals surface area contributed by atoms with E-state index in [1.807, 2.05) is 36.4 Å². The number of carbonyl (C=O) groups excluding carboxylic acids is 1. The number of β-lactam (4-membered cyclic amide) rings is 1. The lowest BCUT2D eigenvalue weighted by molar-refractivity contribution is -0.384. The molecule has 1 fully saturated rings. The molecule has 5 rings (SSSR count). The van der Waals surface area contributed by atoms with Gasteiger partial charge in [-0.2, -0.15) is 0 Å². The summed E-state index contributed by atoms with van der Waals surface area (Å²) < 4.78 is 6.81. The maximum absolute atomic E-state index is 13.7. The number of para-hydroxylation sites is 1. The second kappa shape index (κ2) is 6.91. The molecule has 9 nitrogen and oxygen atoms in total. The Morgan fingerprint density at radius 1 is 1.03 bits per heavy atom. The number of ether oxygens (including phenoxy) is 1. The number of hydrogen-bond acceptors (Lipinski definition) is 6. The third kappa shape index (κ3) is 2.74. The number of nitro groups is 1. The number of non-ortho nitro benzene ring substituents is 1. The number of nitrogens with zero attached hydrogens (tertiary/aromatic N) is 5. The zero-order valence-corrected chi connectivity index (χ0v) is 16.5. The van der Waals surface area contributed by atoms with E-state index in [4.69, 9.17) is 4.74 Å². The van der Waals surface area contributed by atoms with Gasteiger partial charge in [-0.25, -0.2) is 4.68 Å². The molecule has 1 amide bonds. The minimum absolute atomic E-state index is 0.0406. The van der Waals surface area contributed by atoms with Crippen molar-refractivity contribution in [3.05, 3.63) is 88.5 Å². The van der Waals surface area contributed by atoms with Crippen LogP contribution in [-0.4, -0.2) is 39.5 Å². The molecule has 3 aromatic carbocycles. The Hall–Kier alpha value is -4.27. The van der Waals surface area contributed by atoms with E-state index in [1.54, 1.807) is 41.0 Å². The van der Waals surface area contributed by atoms with Crippen LogP contribution < -0.4 is 9.64 Å². The Morgan fingerprint density at radius 3 is 2.39 bits per heavy atom. The minimum atomic E-state index is -1.15. The highest BCUT2D eigenvalue weighted by atomic mass is 16.6. The highest BCUT2D eigenvalue weighted by Gasteiger charge is 2.57. The van der Waals surface area contributed by atoms with Gasteiger partial charge in [-0.3, -0.25) is 14.9 Å². The third-order valence-electron chi connectivity index (χ3n) is 5.64. The summed E-state index contributed by atoms with van der Waals surface area (Å²) in [6.07, 6.45) is 0. The lowest BCUT2D eigenvalue weighted by Crippen LogP contribution is -2.68. The smallest absolute Gasteiger partial charge is 0.269 e. The molecule has 0 radical (unpaired) electrons. The number of amides is 1. The molecule has 154 valence electrons. The van der Waals surface area contributed by atoms with Gasteiger partial charge in [0.1, 0.15) is 11.3 Å². The average Bonchev–Trinajstić information content (AvgIpc) is 3.23. The molecule has 1 aliphatic rings. The first-order chi connectivity index (χ1) is 15.0. The molecule has 1 aliphatic heterocycles. The number of hydrogen-bond donors (Lipinski definition) is 0. The van der Waals surface area contributed by atoms with E-state index in [-0.39, 0.29) is 11.6 Å². The fourth-order valence-corrected chi connectivity index (χ4v) is 3.98. The van der Waals surface area contributed by atoms with E-state index in [0.717, 1.165) is 5.69 Å². The largest absolute Gasteiger partial charge is 0.497 e. The van der Waals surface area contributed by atoms with Gasteiger partial charge in [0.2, 0.25) is 0 Å². The summed E-state index contributed by atoms with van der Waals surface area (Å²) in [6.45, 7) is 0.309. The highest BCUT2D eigenvalue weighted by molar-refractivity contribution is 6.09. The molecule has 0 N–H and O–H groups in total. The van der Waals surface area contributed by atoms with Gasteiger partial charge in [0, 0.05) is 17.8 Å². The first-order valence-corrected chi connectivity index (χ1v) is 9.56. The van der Waals surface area contributed by atoms with Gasteiger partial charge < -0.3 is 9.64 Å². The zero-order valence-electron chi connectivity index (χ0n) is 16.5. The van der Waals surface area contributed by atoms with Crippen LogP contribution in [0.2, 0.25) is 0 Å². The molecule has 2 heterocycles. The average molecular weight is 415 g/mol. The Bertz CT molecular complexity index is 1300. The van der Waals surface area contributed by atoms with Crippen LogP contribution in [0, 0.1) is 10.1 Å². The molecule has 4 aromatic rings. The molecule has 31 heavy (non-hydrogen) atoms.